The van der Waals surface area contributed by atoms with Crippen LogP contribution in [-0.2, 0) is 18.3 Å². The van der Waals surface area contributed by atoms with Gasteiger partial charge in [-0.2, -0.15) is 0 Å². The number of aryl methyl sites for hydroxylation is 1. The first-order valence-corrected chi connectivity index (χ1v) is 9.19. The zero-order valence-electron chi connectivity index (χ0n) is 15.7. The summed E-state index contributed by atoms with van der Waals surface area (Å²) in [5.41, 5.74) is 2.47. The third-order valence-electron chi connectivity index (χ3n) is 5.14. The van der Waals surface area contributed by atoms with Crippen LogP contribution in [0.25, 0.3) is 11.0 Å². The van der Waals surface area contributed by atoms with Gasteiger partial charge in [-0.15, -0.1) is 13.2 Å². The zero-order valence-corrected chi connectivity index (χ0v) is 15.7. The number of likely N-dealkylation sites (tertiary alicyclic amines) is 1. The van der Waals surface area contributed by atoms with E-state index in [1.54, 1.807) is 17.3 Å². The Kier molecular flexibility index (Phi) is 4.89. The topological polar surface area (TPSA) is 60.2 Å². The summed E-state index contributed by atoms with van der Waals surface area (Å²) in [5, 5.41) is 0. The van der Waals surface area contributed by atoms with E-state index in [1.807, 2.05) is 17.7 Å². The molecule has 1 amide bonds. The summed E-state index contributed by atoms with van der Waals surface area (Å²) < 4.78 is 42.6. The molecule has 0 bridgehead atoms. The summed E-state index contributed by atoms with van der Waals surface area (Å²) in [5.74, 6) is 0.708. The molecule has 1 aromatic carbocycles. The first-order chi connectivity index (χ1) is 13.8. The van der Waals surface area contributed by atoms with E-state index >= 15 is 0 Å². The molecule has 1 saturated heterocycles. The number of alkyl halides is 3. The van der Waals surface area contributed by atoms with Crippen molar-refractivity contribution in [3.63, 3.8) is 0 Å². The summed E-state index contributed by atoms with van der Waals surface area (Å²) in [4.78, 5) is 23.2. The quantitative estimate of drug-likeness (QED) is 0.669. The molecule has 3 heterocycles. The van der Waals surface area contributed by atoms with E-state index < -0.39 is 6.36 Å². The van der Waals surface area contributed by atoms with Gasteiger partial charge >= 0.3 is 6.36 Å². The van der Waals surface area contributed by atoms with Crippen molar-refractivity contribution >= 4 is 16.9 Å². The molecule has 0 radical (unpaired) electrons. The van der Waals surface area contributed by atoms with Gasteiger partial charge in [0, 0.05) is 32.3 Å². The normalized spacial score (nSPS) is 17.1. The summed E-state index contributed by atoms with van der Waals surface area (Å²) >= 11 is 0. The van der Waals surface area contributed by atoms with Crippen molar-refractivity contribution in [2.75, 3.05) is 13.1 Å². The van der Waals surface area contributed by atoms with Crippen LogP contribution in [0.2, 0.25) is 0 Å². The monoisotopic (exact) mass is 404 g/mol. The molecule has 152 valence electrons. The molecule has 0 saturated carbocycles. The Hall–Kier alpha value is -3.10. The molecule has 29 heavy (non-hydrogen) atoms. The van der Waals surface area contributed by atoms with Crippen LogP contribution in [0.5, 0.6) is 5.75 Å². The maximum absolute atomic E-state index is 12.6. The lowest BCUT2D eigenvalue weighted by molar-refractivity contribution is -0.274. The van der Waals surface area contributed by atoms with Crippen LogP contribution >= 0.6 is 0 Å². The van der Waals surface area contributed by atoms with Crippen LogP contribution in [0, 0.1) is 0 Å². The van der Waals surface area contributed by atoms with Crippen LogP contribution < -0.4 is 4.74 Å². The molecular weight excluding hydrogens is 385 g/mol. The number of hydrogen-bond donors (Lipinski definition) is 0. The van der Waals surface area contributed by atoms with Crippen LogP contribution in [-0.4, -0.2) is 44.8 Å². The Morgan fingerprint density at radius 3 is 2.69 bits per heavy atom. The van der Waals surface area contributed by atoms with Crippen LogP contribution in [0.3, 0.4) is 0 Å². The van der Waals surface area contributed by atoms with Crippen LogP contribution in [0.4, 0.5) is 13.2 Å². The van der Waals surface area contributed by atoms with E-state index in [0.29, 0.717) is 18.7 Å². The smallest absolute Gasteiger partial charge is 0.406 e. The van der Waals surface area contributed by atoms with Gasteiger partial charge in [0.25, 0.3) is 0 Å². The molecule has 1 aliphatic heterocycles. The van der Waals surface area contributed by atoms with Crippen molar-refractivity contribution in [1.82, 2.24) is 19.4 Å². The van der Waals surface area contributed by atoms with E-state index in [1.165, 1.54) is 24.3 Å². The van der Waals surface area contributed by atoms with Gasteiger partial charge in [-0.1, -0.05) is 12.1 Å². The van der Waals surface area contributed by atoms with Gasteiger partial charge in [-0.3, -0.25) is 9.78 Å². The Morgan fingerprint density at radius 1 is 1.24 bits per heavy atom. The Labute approximate surface area is 164 Å². The third-order valence-corrected chi connectivity index (χ3v) is 5.14. The second-order valence-electron chi connectivity index (χ2n) is 7.09. The molecule has 0 spiro atoms. The predicted molar refractivity (Wildman–Crippen MR) is 99.3 cm³/mol. The average molecular weight is 404 g/mol. The molecule has 9 heteroatoms. The zero-order chi connectivity index (χ0) is 20.6. The number of aromatic nitrogens is 3. The largest absolute Gasteiger partial charge is 0.573 e. The summed E-state index contributed by atoms with van der Waals surface area (Å²) in [6, 6.07) is 7.26. The van der Waals surface area contributed by atoms with E-state index in [4.69, 9.17) is 4.98 Å². The van der Waals surface area contributed by atoms with Gasteiger partial charge in [-0.25, -0.2) is 4.98 Å². The number of carbonyl (C=O) groups is 1. The van der Waals surface area contributed by atoms with Gasteiger partial charge in [0.1, 0.15) is 11.6 Å². The molecule has 4 rings (SSSR count). The van der Waals surface area contributed by atoms with Crippen molar-refractivity contribution in [1.29, 1.82) is 0 Å². The second kappa shape index (κ2) is 7.38. The highest BCUT2D eigenvalue weighted by Crippen LogP contribution is 2.29. The number of imidazole rings is 1. The molecule has 1 aliphatic rings. The lowest BCUT2D eigenvalue weighted by Crippen LogP contribution is -2.30. The highest BCUT2D eigenvalue weighted by atomic mass is 19.4. The molecule has 2 aromatic heterocycles. The summed E-state index contributed by atoms with van der Waals surface area (Å²) in [7, 11) is 1.95. The maximum Gasteiger partial charge on any atom is 0.573 e. The van der Waals surface area contributed by atoms with Crippen molar-refractivity contribution < 1.29 is 22.7 Å². The lowest BCUT2D eigenvalue weighted by atomic mass is 10.1. The highest BCUT2D eigenvalue weighted by molar-refractivity contribution is 5.79. The number of rotatable bonds is 4. The van der Waals surface area contributed by atoms with Crippen LogP contribution in [0.1, 0.15) is 23.7 Å². The Bertz CT molecular complexity index is 1030. The molecule has 0 aliphatic carbocycles. The number of amides is 1. The van der Waals surface area contributed by atoms with Crippen molar-refractivity contribution in [3.8, 4) is 5.75 Å². The van der Waals surface area contributed by atoms with Gasteiger partial charge in [0.15, 0.2) is 0 Å². The second-order valence-corrected chi connectivity index (χ2v) is 7.09. The summed E-state index contributed by atoms with van der Waals surface area (Å²) in [6.07, 6.45) is -0.307. The van der Waals surface area contributed by atoms with Crippen molar-refractivity contribution in [2.45, 2.75) is 25.1 Å². The SMILES string of the molecule is Cn1c([C@H]2CCN(C(=O)Cc3ccc(OC(F)(F)F)cc3)C2)nc2ccncc21. The maximum atomic E-state index is 12.6. The van der Waals surface area contributed by atoms with Gasteiger partial charge in [0.05, 0.1) is 23.7 Å². The van der Waals surface area contributed by atoms with Gasteiger partial charge in [-0.05, 0) is 30.2 Å². The number of nitrogens with zero attached hydrogens (tertiary/aromatic N) is 4. The molecule has 0 unspecified atom stereocenters. The molecule has 6 nitrogen and oxygen atoms in total. The fourth-order valence-corrected chi connectivity index (χ4v) is 3.71. The molecule has 1 fully saturated rings. The predicted octanol–water partition coefficient (Wildman–Crippen LogP) is 3.43. The summed E-state index contributed by atoms with van der Waals surface area (Å²) in [6.45, 7) is 1.19. The number of benzene rings is 1. The van der Waals surface area contributed by atoms with E-state index in [9.17, 15) is 18.0 Å². The first-order valence-electron chi connectivity index (χ1n) is 9.19. The van der Waals surface area contributed by atoms with Crippen molar-refractivity contribution in [2.24, 2.45) is 7.05 Å². The van der Waals surface area contributed by atoms with E-state index in [-0.39, 0.29) is 24.0 Å². The fraction of sp³-hybridized carbons (Fsp3) is 0.350. The van der Waals surface area contributed by atoms with E-state index in [0.717, 1.165) is 23.3 Å². The van der Waals surface area contributed by atoms with Crippen molar-refractivity contribution in [3.05, 3.63) is 54.1 Å². The average Bonchev–Trinajstić information content (AvgIpc) is 3.28. The third kappa shape index (κ3) is 4.18. The number of hydrogen-bond acceptors (Lipinski definition) is 4. The Morgan fingerprint density at radius 2 is 2.00 bits per heavy atom. The molecule has 0 N–H and O–H groups in total. The lowest BCUT2D eigenvalue weighted by Gasteiger charge is -2.17. The number of halogens is 3. The number of carbonyl (C=O) groups excluding carboxylic acids is 1. The minimum absolute atomic E-state index is 0.0579. The first kappa shape index (κ1) is 19.2. The van der Waals surface area contributed by atoms with E-state index in [2.05, 4.69) is 9.72 Å². The minimum atomic E-state index is -4.73. The number of fused-ring (bicyclic) bond motifs is 1. The van der Waals surface area contributed by atoms with Crippen LogP contribution in [0.15, 0.2) is 42.7 Å². The molecule has 1 atom stereocenters. The minimum Gasteiger partial charge on any atom is -0.406 e. The standard InChI is InChI=1S/C20H19F3N4O2/c1-26-17-11-24-8-6-16(17)25-19(26)14-7-9-27(12-14)18(28)10-13-2-4-15(5-3-13)29-20(21,22)23/h2-6,8,11,14H,7,9-10,12H2,1H3/t14-/m0/s1. The highest BCUT2D eigenvalue weighted by Gasteiger charge is 2.32. The van der Waals surface area contributed by atoms with Gasteiger partial charge < -0.3 is 14.2 Å². The fourth-order valence-electron chi connectivity index (χ4n) is 3.71. The Balaban J connectivity index is 1.40. The molecule has 3 aromatic rings. The number of pyridine rings is 1. The van der Waals surface area contributed by atoms with Gasteiger partial charge in [0.2, 0.25) is 5.91 Å². The number of ether oxygens (including phenoxy) is 1. The molecular formula is C20H19F3N4O2.